The van der Waals surface area contributed by atoms with Gasteiger partial charge in [-0.25, -0.2) is 4.98 Å². The van der Waals surface area contributed by atoms with Crippen molar-refractivity contribution in [2.45, 2.75) is 24.5 Å². The smallest absolute Gasteiger partial charge is 0.280 e. The fourth-order valence-corrected chi connectivity index (χ4v) is 2.90. The van der Waals surface area contributed by atoms with Crippen molar-refractivity contribution in [3.8, 4) is 0 Å². The standard InChI is InChI=1S/C10H14N5O7PS/c11-10-13-7-4(8(18)14-10)12-2-15(7)9-6(17)5(16)3(22-9)1-21-23(19,20)24/h2-3,5-6,9,16-17H,1H2,(H2,19,20,24)(H3,11,13,14,18)/p-2/t3-,5-,6-,9?/m1/s1. The van der Waals surface area contributed by atoms with Crippen molar-refractivity contribution in [3.63, 3.8) is 0 Å². The lowest BCUT2D eigenvalue weighted by molar-refractivity contribution is -0.322. The van der Waals surface area contributed by atoms with Crippen LogP contribution in [0.5, 0.6) is 0 Å². The van der Waals surface area contributed by atoms with Gasteiger partial charge < -0.3 is 35.0 Å². The number of fused-ring (bicyclic) bond motifs is 1. The molecule has 3 heterocycles. The van der Waals surface area contributed by atoms with Crippen LogP contribution in [0.4, 0.5) is 5.95 Å². The van der Waals surface area contributed by atoms with Crippen molar-refractivity contribution >= 4 is 35.6 Å². The zero-order valence-electron chi connectivity index (χ0n) is 11.8. The van der Waals surface area contributed by atoms with Gasteiger partial charge in [0, 0.05) is 0 Å². The maximum Gasteiger partial charge on any atom is 0.280 e. The number of aromatic nitrogens is 4. The number of aromatic amines is 1. The molecule has 0 aromatic carbocycles. The number of ether oxygens (including phenoxy) is 1. The molecule has 4 atom stereocenters. The molecule has 1 saturated heterocycles. The first-order valence-electron chi connectivity index (χ1n) is 6.58. The van der Waals surface area contributed by atoms with Crippen LogP contribution in [-0.4, -0.2) is 54.7 Å². The summed E-state index contributed by atoms with van der Waals surface area (Å²) in [4.78, 5) is 43.6. The molecule has 1 aliphatic rings. The molecule has 0 radical (unpaired) electrons. The van der Waals surface area contributed by atoms with E-state index in [9.17, 15) is 24.8 Å². The maximum absolute atomic E-state index is 11.7. The minimum absolute atomic E-state index is 0.0341. The molecule has 5 N–H and O–H groups in total. The fourth-order valence-electron chi connectivity index (χ4n) is 2.39. The van der Waals surface area contributed by atoms with Crippen LogP contribution in [0.3, 0.4) is 0 Å². The van der Waals surface area contributed by atoms with Crippen LogP contribution in [0, 0.1) is 0 Å². The van der Waals surface area contributed by atoms with Gasteiger partial charge in [-0.05, 0) is 0 Å². The van der Waals surface area contributed by atoms with Gasteiger partial charge in [-0.2, -0.15) is 4.98 Å². The zero-order valence-corrected chi connectivity index (χ0v) is 13.5. The first-order chi connectivity index (χ1) is 11.2. The monoisotopic (exact) mass is 377 g/mol. The summed E-state index contributed by atoms with van der Waals surface area (Å²) >= 11 is 4.09. The number of anilines is 1. The molecule has 1 aliphatic heterocycles. The van der Waals surface area contributed by atoms with Crippen LogP contribution < -0.4 is 21.1 Å². The third-order valence-corrected chi connectivity index (χ3v) is 4.24. The number of nitrogen functional groups attached to an aromatic ring is 1. The van der Waals surface area contributed by atoms with E-state index in [1.165, 1.54) is 10.9 Å². The Kier molecular flexibility index (Phi) is 4.44. The molecule has 0 saturated carbocycles. The number of nitrogens with two attached hydrogens (primary N) is 1. The number of nitrogens with one attached hydrogen (secondary N) is 1. The summed E-state index contributed by atoms with van der Waals surface area (Å²) in [5, 5.41) is 20.1. The van der Waals surface area contributed by atoms with E-state index in [0.717, 1.165) is 0 Å². The number of aliphatic hydroxyl groups excluding tert-OH is 2. The summed E-state index contributed by atoms with van der Waals surface area (Å²) in [6.07, 6.45) is -4.06. The lowest BCUT2D eigenvalue weighted by Gasteiger charge is -2.35. The number of rotatable bonds is 4. The Labute approximate surface area is 138 Å². The number of hydrogen-bond donors (Lipinski definition) is 4. The van der Waals surface area contributed by atoms with E-state index < -0.39 is 43.4 Å². The van der Waals surface area contributed by atoms with Crippen LogP contribution in [0.2, 0.25) is 0 Å². The summed E-state index contributed by atoms with van der Waals surface area (Å²) < 4.78 is 11.0. The summed E-state index contributed by atoms with van der Waals surface area (Å²) in [5.74, 6) is -0.166. The normalized spacial score (nSPS) is 27.8. The highest BCUT2D eigenvalue weighted by atomic mass is 32.5. The highest BCUT2D eigenvalue weighted by molar-refractivity contribution is 8.05. The van der Waals surface area contributed by atoms with Gasteiger partial charge in [-0.3, -0.25) is 14.3 Å². The molecule has 0 bridgehead atoms. The van der Waals surface area contributed by atoms with Crippen LogP contribution in [-0.2, 0) is 21.1 Å². The van der Waals surface area contributed by atoms with Crippen LogP contribution in [0.25, 0.3) is 11.2 Å². The number of hydrogen-bond acceptors (Lipinski definition) is 11. The van der Waals surface area contributed by atoms with Crippen LogP contribution in [0.1, 0.15) is 6.23 Å². The number of nitrogens with zero attached hydrogens (tertiary/aromatic N) is 3. The van der Waals surface area contributed by atoms with Gasteiger partial charge in [-0.1, -0.05) is 6.72 Å². The van der Waals surface area contributed by atoms with Crippen molar-refractivity contribution < 1.29 is 29.3 Å². The molecule has 12 nitrogen and oxygen atoms in total. The quantitative estimate of drug-likeness (QED) is 0.383. The van der Waals surface area contributed by atoms with Crippen molar-refractivity contribution in [2.24, 2.45) is 0 Å². The van der Waals surface area contributed by atoms with Crippen LogP contribution in [0.15, 0.2) is 11.1 Å². The molecule has 2 aromatic rings. The van der Waals surface area contributed by atoms with Gasteiger partial charge in [0.1, 0.15) is 18.3 Å². The van der Waals surface area contributed by atoms with Gasteiger partial charge >= 0.3 is 0 Å². The second-order valence-corrected chi connectivity index (χ2v) is 7.56. The summed E-state index contributed by atoms with van der Waals surface area (Å²) in [6.45, 7) is -5.00. The Hall–Kier alpha value is -1.44. The van der Waals surface area contributed by atoms with E-state index in [0.29, 0.717) is 0 Å². The molecule has 2 aromatic heterocycles. The van der Waals surface area contributed by atoms with E-state index in [4.69, 9.17) is 10.5 Å². The second-order valence-electron chi connectivity index (χ2n) is 5.06. The molecular weight excluding hydrogens is 365 g/mol. The van der Waals surface area contributed by atoms with E-state index in [-0.39, 0.29) is 17.1 Å². The Bertz CT molecular complexity index is 865. The average molecular weight is 377 g/mol. The summed E-state index contributed by atoms with van der Waals surface area (Å²) in [6, 6.07) is 0. The SMILES string of the molecule is Nc1nc2c(ncn2C2O[C@H](COP([O-])([O-])=S)[C@@H](O)[C@H]2O)c(=O)[nH]1. The molecule has 1 unspecified atom stereocenters. The molecule has 14 heteroatoms. The van der Waals surface area contributed by atoms with E-state index >= 15 is 0 Å². The number of imidazole rings is 1. The lowest BCUT2D eigenvalue weighted by Crippen LogP contribution is -2.34. The highest BCUT2D eigenvalue weighted by Gasteiger charge is 2.44. The van der Waals surface area contributed by atoms with Gasteiger partial charge in [0.15, 0.2) is 17.4 Å². The van der Waals surface area contributed by atoms with Gasteiger partial charge in [0.25, 0.3) is 5.56 Å². The molecular formula is C10H12N5O7PS-2. The first kappa shape index (κ1) is 17.4. The second kappa shape index (κ2) is 6.13. The first-order valence-corrected chi connectivity index (χ1v) is 9.13. The van der Waals surface area contributed by atoms with Crippen molar-refractivity contribution in [1.29, 1.82) is 0 Å². The predicted octanol–water partition coefficient (Wildman–Crippen LogP) is -3.72. The Morgan fingerprint density at radius 3 is 2.88 bits per heavy atom. The maximum atomic E-state index is 11.7. The van der Waals surface area contributed by atoms with E-state index in [1.807, 2.05) is 0 Å². The Balaban J connectivity index is 1.90. The molecule has 0 amide bonds. The van der Waals surface area contributed by atoms with Crippen molar-refractivity contribution in [1.82, 2.24) is 19.5 Å². The lowest BCUT2D eigenvalue weighted by atomic mass is 10.1. The third-order valence-electron chi connectivity index (χ3n) is 3.46. The molecule has 1 fully saturated rings. The molecule has 24 heavy (non-hydrogen) atoms. The molecule has 132 valence electrons. The van der Waals surface area contributed by atoms with E-state index in [2.05, 4.69) is 31.3 Å². The van der Waals surface area contributed by atoms with Gasteiger partial charge in [0.2, 0.25) is 5.95 Å². The fraction of sp³-hybridized carbons (Fsp3) is 0.500. The largest absolute Gasteiger partial charge is 0.812 e. The number of H-pyrrole nitrogens is 1. The minimum Gasteiger partial charge on any atom is -0.812 e. The topological polar surface area (TPSA) is 195 Å². The van der Waals surface area contributed by atoms with Gasteiger partial charge in [0.05, 0.1) is 12.9 Å². The Morgan fingerprint density at radius 1 is 1.50 bits per heavy atom. The molecule has 0 spiro atoms. The molecule has 0 aliphatic carbocycles. The highest BCUT2D eigenvalue weighted by Crippen LogP contribution is 2.34. The third kappa shape index (κ3) is 3.20. The van der Waals surface area contributed by atoms with Crippen LogP contribution >= 0.6 is 6.72 Å². The number of aliphatic hydroxyl groups is 2. The summed E-state index contributed by atoms with van der Waals surface area (Å²) in [5.41, 5.74) is 4.89. The summed E-state index contributed by atoms with van der Waals surface area (Å²) in [7, 11) is 0. The average Bonchev–Trinajstić information content (AvgIpc) is 3.00. The zero-order chi connectivity index (χ0) is 17.6. The predicted molar refractivity (Wildman–Crippen MR) is 78.7 cm³/mol. The molecule has 3 rings (SSSR count). The van der Waals surface area contributed by atoms with Crippen molar-refractivity contribution in [3.05, 3.63) is 16.7 Å². The van der Waals surface area contributed by atoms with Gasteiger partial charge in [-0.15, -0.1) is 11.8 Å². The van der Waals surface area contributed by atoms with E-state index in [1.54, 1.807) is 0 Å². The van der Waals surface area contributed by atoms with Crippen molar-refractivity contribution in [2.75, 3.05) is 12.3 Å². The Morgan fingerprint density at radius 2 is 2.21 bits per heavy atom. The minimum atomic E-state index is -4.43.